The van der Waals surface area contributed by atoms with Crippen LogP contribution >= 0.6 is 0 Å². The molecule has 2 aromatic heterocycles. The van der Waals surface area contributed by atoms with Crippen molar-refractivity contribution in [3.8, 4) is 5.75 Å². The topological polar surface area (TPSA) is 91.3 Å². The van der Waals surface area contributed by atoms with Crippen molar-refractivity contribution in [1.29, 1.82) is 0 Å². The second kappa shape index (κ2) is 11.6. The van der Waals surface area contributed by atoms with Gasteiger partial charge in [-0.2, -0.15) is 5.10 Å². The van der Waals surface area contributed by atoms with E-state index < -0.39 is 12.1 Å². The molecule has 1 aliphatic rings. The third-order valence-corrected chi connectivity index (χ3v) is 7.38. The number of piperidine rings is 1. The van der Waals surface area contributed by atoms with Crippen LogP contribution in [0, 0.1) is 18.8 Å². The number of aryl methyl sites for hydroxylation is 2. The van der Waals surface area contributed by atoms with E-state index in [2.05, 4.69) is 20.1 Å². The van der Waals surface area contributed by atoms with Gasteiger partial charge in [0.1, 0.15) is 11.9 Å². The van der Waals surface area contributed by atoms with Crippen LogP contribution in [0.3, 0.4) is 0 Å². The third-order valence-electron chi connectivity index (χ3n) is 7.38. The number of nitrogens with zero attached hydrogens (tertiary/aromatic N) is 3. The smallest absolute Gasteiger partial charge is 0.303 e. The molecule has 7 nitrogen and oxygen atoms in total. The van der Waals surface area contributed by atoms with Gasteiger partial charge in [-0.05, 0) is 99.3 Å². The summed E-state index contributed by atoms with van der Waals surface area (Å²) in [5.74, 6) is 0.147. The summed E-state index contributed by atoms with van der Waals surface area (Å²) in [6.45, 7) is 4.65. The van der Waals surface area contributed by atoms with Crippen LogP contribution < -0.4 is 4.74 Å². The number of ether oxygens (including phenoxy) is 1. The van der Waals surface area contributed by atoms with Crippen molar-refractivity contribution in [2.45, 2.75) is 51.6 Å². The van der Waals surface area contributed by atoms with Crippen molar-refractivity contribution in [3.05, 3.63) is 53.5 Å². The molecule has 0 aliphatic carbocycles. The minimum Gasteiger partial charge on any atom is -0.497 e. The highest BCUT2D eigenvalue weighted by Gasteiger charge is 2.31. The lowest BCUT2D eigenvalue weighted by Gasteiger charge is -2.38. The molecule has 3 aromatic rings. The van der Waals surface area contributed by atoms with Gasteiger partial charge in [0.25, 0.3) is 0 Å². The zero-order valence-electron chi connectivity index (χ0n) is 20.5. The van der Waals surface area contributed by atoms with Crippen LogP contribution in [0.1, 0.15) is 55.1 Å². The van der Waals surface area contributed by atoms with Gasteiger partial charge in [-0.15, -0.1) is 0 Å². The quantitative estimate of drug-likeness (QED) is 0.395. The Kier molecular flexibility index (Phi) is 8.33. The van der Waals surface area contributed by atoms with Crippen LogP contribution in [-0.2, 0) is 11.2 Å². The second-order valence-corrected chi connectivity index (χ2v) is 9.66. The summed E-state index contributed by atoms with van der Waals surface area (Å²) in [7, 11) is 1.59. The molecule has 0 bridgehead atoms. The van der Waals surface area contributed by atoms with Gasteiger partial charge in [0, 0.05) is 30.2 Å². The summed E-state index contributed by atoms with van der Waals surface area (Å²) in [6, 6.07) is 7.25. The first kappa shape index (κ1) is 25.1. The Balaban J connectivity index is 1.35. The molecule has 4 rings (SSSR count). The molecular formula is C27H35FN4O3. The average Bonchev–Trinajstić information content (AvgIpc) is 3.26. The molecule has 0 spiro atoms. The fourth-order valence-electron chi connectivity index (χ4n) is 5.38. The Labute approximate surface area is 205 Å². The molecule has 0 amide bonds. The molecule has 2 N–H and O–H groups in total. The van der Waals surface area contributed by atoms with Crippen LogP contribution in [0.5, 0.6) is 5.75 Å². The van der Waals surface area contributed by atoms with Crippen molar-refractivity contribution in [3.63, 3.8) is 0 Å². The Morgan fingerprint density at radius 2 is 2.20 bits per heavy atom. The maximum absolute atomic E-state index is 15.5. The van der Waals surface area contributed by atoms with E-state index in [9.17, 15) is 9.90 Å². The molecule has 1 fully saturated rings. The van der Waals surface area contributed by atoms with Crippen LogP contribution in [0.25, 0.3) is 10.9 Å². The van der Waals surface area contributed by atoms with Gasteiger partial charge in [-0.1, -0.05) is 0 Å². The average molecular weight is 483 g/mol. The largest absolute Gasteiger partial charge is 0.497 e. The molecule has 1 aliphatic heterocycles. The number of aromatic nitrogens is 3. The van der Waals surface area contributed by atoms with Gasteiger partial charge < -0.3 is 14.7 Å². The molecule has 1 unspecified atom stereocenters. The van der Waals surface area contributed by atoms with Gasteiger partial charge in [0.05, 0.1) is 18.8 Å². The van der Waals surface area contributed by atoms with E-state index in [1.54, 1.807) is 19.4 Å². The number of fused-ring (bicyclic) bond motifs is 1. The van der Waals surface area contributed by atoms with Crippen LogP contribution in [0.4, 0.5) is 4.39 Å². The number of hydrogen-bond acceptors (Lipinski definition) is 5. The van der Waals surface area contributed by atoms with E-state index in [1.807, 2.05) is 31.3 Å². The maximum atomic E-state index is 15.5. The summed E-state index contributed by atoms with van der Waals surface area (Å²) in [6.07, 6.45) is 6.45. The number of carbonyl (C=O) groups is 1. The minimum absolute atomic E-state index is 0.0402. The number of H-pyrrole nitrogens is 1. The van der Waals surface area contributed by atoms with Crippen LogP contribution in [0.15, 0.2) is 36.7 Å². The molecule has 0 radical (unpaired) electrons. The number of methoxy groups -OCH3 is 1. The standard InChI is InChI=1S/C27H35FN4O3/c1-18-20(16-30-31-18)4-3-12-32-13-10-19(21(17-32)14-27(33)34)5-7-25(28)23-9-11-29-26-8-6-22(35-2)15-24(23)26/h6,8-9,11,15-16,19,21,25H,3-5,7,10,12-14,17H2,1-2H3,(H,30,31)(H,33,34)/t19-,21+,25?/m1/s1. The summed E-state index contributed by atoms with van der Waals surface area (Å²) < 4.78 is 20.8. The molecule has 0 saturated carbocycles. The first-order chi connectivity index (χ1) is 16.9. The van der Waals surface area contributed by atoms with E-state index >= 15 is 4.39 Å². The number of alkyl halides is 1. The Hall–Kier alpha value is -3.00. The highest BCUT2D eigenvalue weighted by Crippen LogP contribution is 2.36. The summed E-state index contributed by atoms with van der Waals surface area (Å²) in [5, 5.41) is 17.3. The lowest BCUT2D eigenvalue weighted by Crippen LogP contribution is -2.42. The number of carboxylic acid groups (broad SMARTS) is 1. The molecule has 8 heteroatoms. The van der Waals surface area contributed by atoms with Gasteiger partial charge in [-0.25, -0.2) is 4.39 Å². The summed E-state index contributed by atoms with van der Waals surface area (Å²) >= 11 is 0. The van der Waals surface area contributed by atoms with Crippen LogP contribution in [0.2, 0.25) is 0 Å². The predicted octanol–water partition coefficient (Wildman–Crippen LogP) is 5.11. The predicted molar refractivity (Wildman–Crippen MR) is 133 cm³/mol. The number of benzene rings is 1. The fourth-order valence-corrected chi connectivity index (χ4v) is 5.38. The normalized spacial score (nSPS) is 19.6. The number of halogens is 1. The molecule has 3 atom stereocenters. The van der Waals surface area contributed by atoms with E-state index in [-0.39, 0.29) is 18.3 Å². The van der Waals surface area contributed by atoms with Gasteiger partial charge in [-0.3, -0.25) is 14.9 Å². The molecule has 1 saturated heterocycles. The molecule has 188 valence electrons. The fraction of sp³-hybridized carbons (Fsp3) is 0.519. The van der Waals surface area contributed by atoms with Gasteiger partial charge in [0.2, 0.25) is 0 Å². The van der Waals surface area contributed by atoms with Crippen LogP contribution in [-0.4, -0.2) is 57.9 Å². The highest BCUT2D eigenvalue weighted by molar-refractivity contribution is 5.83. The number of nitrogens with one attached hydrogen (secondary N) is 1. The number of likely N-dealkylation sites (tertiary alicyclic amines) is 1. The number of hydrogen-bond donors (Lipinski definition) is 2. The van der Waals surface area contributed by atoms with E-state index in [4.69, 9.17) is 4.74 Å². The summed E-state index contributed by atoms with van der Waals surface area (Å²) in [4.78, 5) is 18.3. The van der Waals surface area contributed by atoms with E-state index in [0.29, 0.717) is 24.2 Å². The molecule has 35 heavy (non-hydrogen) atoms. The van der Waals surface area contributed by atoms with Gasteiger partial charge in [0.15, 0.2) is 0 Å². The van der Waals surface area contributed by atoms with Crippen molar-refractivity contribution in [2.24, 2.45) is 11.8 Å². The number of aromatic amines is 1. The highest BCUT2D eigenvalue weighted by atomic mass is 19.1. The Morgan fingerprint density at radius 3 is 2.94 bits per heavy atom. The number of pyridine rings is 1. The zero-order valence-corrected chi connectivity index (χ0v) is 20.5. The minimum atomic E-state index is -1.13. The molecule has 3 heterocycles. The van der Waals surface area contributed by atoms with Crippen molar-refractivity contribution < 1.29 is 19.0 Å². The number of rotatable bonds is 11. The van der Waals surface area contributed by atoms with Crippen molar-refractivity contribution in [1.82, 2.24) is 20.1 Å². The third kappa shape index (κ3) is 6.36. The lowest BCUT2D eigenvalue weighted by molar-refractivity contribution is -0.139. The SMILES string of the molecule is COc1ccc2nccc(C(F)CC[C@@H]3CCN(CCCc4cn[nH]c4C)C[C@@H]3CC(=O)O)c2c1. The Bertz CT molecular complexity index is 1130. The zero-order chi connectivity index (χ0) is 24.8. The molecule has 1 aromatic carbocycles. The second-order valence-electron chi connectivity index (χ2n) is 9.66. The van der Waals surface area contributed by atoms with E-state index in [1.165, 1.54) is 5.56 Å². The number of carboxylic acids is 1. The summed E-state index contributed by atoms with van der Waals surface area (Å²) in [5.41, 5.74) is 3.70. The van der Waals surface area contributed by atoms with Crippen molar-refractivity contribution >= 4 is 16.9 Å². The lowest BCUT2D eigenvalue weighted by atomic mass is 9.79. The first-order valence-corrected chi connectivity index (χ1v) is 12.4. The Morgan fingerprint density at radius 1 is 1.34 bits per heavy atom. The maximum Gasteiger partial charge on any atom is 0.303 e. The molecular weight excluding hydrogens is 447 g/mol. The monoisotopic (exact) mass is 482 g/mol. The number of aliphatic carboxylic acids is 1. The first-order valence-electron chi connectivity index (χ1n) is 12.4. The van der Waals surface area contributed by atoms with Crippen molar-refractivity contribution in [2.75, 3.05) is 26.7 Å². The van der Waals surface area contributed by atoms with E-state index in [0.717, 1.165) is 55.5 Å². The van der Waals surface area contributed by atoms with Gasteiger partial charge >= 0.3 is 5.97 Å².